The molecular weight excluding hydrogens is 381 g/mol. The predicted octanol–water partition coefficient (Wildman–Crippen LogP) is 1.37. The maximum Gasteiger partial charge on any atom is 0.260 e. The number of nitrogens with one attached hydrogen (secondary N) is 2. The molecule has 2 N–H and O–H groups in total. The molecule has 25 heavy (non-hydrogen) atoms. The molecule has 0 aliphatic carbocycles. The van der Waals surface area contributed by atoms with Gasteiger partial charge in [-0.15, -0.1) is 16.2 Å². The molecule has 0 aliphatic heterocycles. The first-order chi connectivity index (χ1) is 11.8. The summed E-state index contributed by atoms with van der Waals surface area (Å²) in [6, 6.07) is 1.01. The third-order valence-corrected chi connectivity index (χ3v) is 5.13. The smallest absolute Gasteiger partial charge is 0.260 e. The minimum absolute atomic E-state index is 0.239. The largest absolute Gasteiger partial charge is 0.297 e. The van der Waals surface area contributed by atoms with E-state index in [1.54, 1.807) is 27.0 Å². The van der Waals surface area contributed by atoms with Crippen molar-refractivity contribution in [2.24, 2.45) is 0 Å². The summed E-state index contributed by atoms with van der Waals surface area (Å²) in [6.45, 7) is 0. The molecule has 1 aromatic carbocycles. The molecule has 0 fully saturated rings. The number of carbonyl (C=O) groups is 1. The Labute approximate surface area is 143 Å². The predicted molar refractivity (Wildman–Crippen MR) is 81.6 cm³/mol. The van der Waals surface area contributed by atoms with Gasteiger partial charge in [0.05, 0.1) is 12.1 Å². The van der Waals surface area contributed by atoms with Crippen LogP contribution in [0.3, 0.4) is 0 Å². The Hall–Kier alpha value is -2.44. The van der Waals surface area contributed by atoms with Gasteiger partial charge in [-0.05, 0) is 12.1 Å². The van der Waals surface area contributed by atoms with Crippen molar-refractivity contribution in [3.8, 4) is 0 Å². The molecule has 0 radical (unpaired) electrons. The molecule has 3 aromatic rings. The highest BCUT2D eigenvalue weighted by Crippen LogP contribution is 2.19. The number of carbonyl (C=O) groups excluding carboxylic acids is 1. The summed E-state index contributed by atoms with van der Waals surface area (Å²) in [4.78, 5) is 17.1. The van der Waals surface area contributed by atoms with Crippen molar-refractivity contribution >= 4 is 32.2 Å². The lowest BCUT2D eigenvalue weighted by molar-refractivity contribution is -0.120. The molecule has 12 heteroatoms. The zero-order valence-electron chi connectivity index (χ0n) is 12.2. The van der Waals surface area contributed by atoms with Crippen molar-refractivity contribution < 1.29 is 26.4 Å². The third kappa shape index (κ3) is 3.50. The molecule has 0 atom stereocenters. The number of fused-ring (bicyclic) bond motifs is 1. The van der Waals surface area contributed by atoms with E-state index in [0.717, 1.165) is 0 Å². The van der Waals surface area contributed by atoms with Gasteiger partial charge in [-0.25, -0.2) is 26.6 Å². The molecule has 0 aliphatic rings. The highest BCUT2D eigenvalue weighted by atomic mass is 32.2. The molecule has 0 saturated carbocycles. The Bertz CT molecular complexity index is 1030. The number of benzene rings is 1. The van der Waals surface area contributed by atoms with Gasteiger partial charge in [0.25, 0.3) is 10.0 Å². The Morgan fingerprint density at radius 2 is 2.00 bits per heavy atom. The van der Waals surface area contributed by atoms with Crippen LogP contribution in [0.4, 0.5) is 13.2 Å². The zero-order chi connectivity index (χ0) is 18.2. The molecule has 0 unspecified atom stereocenters. The van der Waals surface area contributed by atoms with Crippen LogP contribution in [0.1, 0.15) is 5.69 Å². The highest BCUT2D eigenvalue weighted by Gasteiger charge is 2.24. The van der Waals surface area contributed by atoms with E-state index in [4.69, 9.17) is 0 Å². The van der Waals surface area contributed by atoms with Gasteiger partial charge in [-0.3, -0.25) is 14.6 Å². The fourth-order valence-electron chi connectivity index (χ4n) is 1.96. The summed E-state index contributed by atoms with van der Waals surface area (Å²) < 4.78 is 65.0. The summed E-state index contributed by atoms with van der Waals surface area (Å²) in [7, 11) is -4.62. The van der Waals surface area contributed by atoms with Crippen molar-refractivity contribution in [2.45, 2.75) is 11.3 Å². The molecular formula is C13H9F3N4O3S2. The lowest BCUT2D eigenvalue weighted by Crippen LogP contribution is -2.42. The molecule has 2 aromatic heterocycles. The SMILES string of the molecule is O=C(Cc1cn2ccsc2n1)NNS(=O)(=O)c1ccc(F)c(F)c1F. The van der Waals surface area contributed by atoms with Crippen LogP contribution in [0.2, 0.25) is 0 Å². The van der Waals surface area contributed by atoms with Gasteiger partial charge < -0.3 is 0 Å². The maximum absolute atomic E-state index is 13.6. The standard InChI is InChI=1S/C13H9F3N4O3S2/c14-8-1-2-9(12(16)11(8)15)25(22,23)19-18-10(21)5-7-6-20-3-4-24-13(20)17-7/h1-4,6,19H,5H2,(H,18,21). The number of sulfonamides is 1. The topological polar surface area (TPSA) is 92.6 Å². The third-order valence-electron chi connectivity index (χ3n) is 3.10. The van der Waals surface area contributed by atoms with Gasteiger partial charge in [-0.1, -0.05) is 0 Å². The van der Waals surface area contributed by atoms with Crippen molar-refractivity contribution in [1.82, 2.24) is 19.6 Å². The number of hydrogen-bond donors (Lipinski definition) is 2. The van der Waals surface area contributed by atoms with Crippen LogP contribution in [0.25, 0.3) is 4.96 Å². The molecule has 2 heterocycles. The van der Waals surface area contributed by atoms with Gasteiger partial charge >= 0.3 is 0 Å². The number of amides is 1. The average Bonchev–Trinajstić information content (AvgIpc) is 3.12. The number of thiazole rings is 1. The van der Waals surface area contributed by atoms with Crippen molar-refractivity contribution in [3.63, 3.8) is 0 Å². The van der Waals surface area contributed by atoms with Gasteiger partial charge in [0.2, 0.25) is 5.91 Å². The van der Waals surface area contributed by atoms with Gasteiger partial charge in [0.15, 0.2) is 22.4 Å². The number of imidazole rings is 1. The minimum atomic E-state index is -4.62. The van der Waals surface area contributed by atoms with E-state index in [1.165, 1.54) is 11.3 Å². The first kappa shape index (κ1) is 17.4. The maximum atomic E-state index is 13.6. The Morgan fingerprint density at radius 3 is 2.72 bits per heavy atom. The number of nitrogens with zero attached hydrogens (tertiary/aromatic N) is 2. The summed E-state index contributed by atoms with van der Waals surface area (Å²) in [5, 5.41) is 1.80. The summed E-state index contributed by atoms with van der Waals surface area (Å²) in [5.41, 5.74) is 2.25. The van der Waals surface area contributed by atoms with Crippen LogP contribution in [0.5, 0.6) is 0 Å². The van der Waals surface area contributed by atoms with E-state index in [1.807, 2.05) is 5.43 Å². The molecule has 132 valence electrons. The summed E-state index contributed by atoms with van der Waals surface area (Å²) in [6.07, 6.45) is 3.09. The normalized spacial score (nSPS) is 11.8. The first-order valence-corrected chi connectivity index (χ1v) is 8.99. The van der Waals surface area contributed by atoms with Crippen LogP contribution in [0.15, 0.2) is 34.8 Å². The average molecular weight is 390 g/mol. The van der Waals surface area contributed by atoms with Gasteiger partial charge in [0.1, 0.15) is 4.90 Å². The second kappa shape index (κ2) is 6.46. The highest BCUT2D eigenvalue weighted by molar-refractivity contribution is 7.89. The number of halogens is 3. The van der Waals surface area contributed by atoms with Gasteiger partial charge in [-0.2, -0.15) is 0 Å². The van der Waals surface area contributed by atoms with Crippen molar-refractivity contribution in [2.75, 3.05) is 0 Å². The Kier molecular flexibility index (Phi) is 4.49. The monoisotopic (exact) mass is 390 g/mol. The first-order valence-electron chi connectivity index (χ1n) is 6.63. The Balaban J connectivity index is 1.68. The zero-order valence-corrected chi connectivity index (χ0v) is 13.8. The molecule has 1 amide bonds. The second-order valence-electron chi connectivity index (χ2n) is 4.83. The van der Waals surface area contributed by atoms with Gasteiger partial charge in [0, 0.05) is 17.8 Å². The van der Waals surface area contributed by atoms with E-state index < -0.39 is 38.3 Å². The molecule has 0 spiro atoms. The van der Waals surface area contributed by atoms with E-state index in [-0.39, 0.29) is 6.42 Å². The van der Waals surface area contributed by atoms with Crippen LogP contribution >= 0.6 is 11.3 Å². The fourth-order valence-corrected chi connectivity index (χ4v) is 3.61. The summed E-state index contributed by atoms with van der Waals surface area (Å²) >= 11 is 1.36. The lowest BCUT2D eigenvalue weighted by Gasteiger charge is -2.09. The number of hydrazine groups is 1. The second-order valence-corrected chi connectivity index (χ2v) is 7.35. The Morgan fingerprint density at radius 1 is 1.24 bits per heavy atom. The molecule has 0 bridgehead atoms. The minimum Gasteiger partial charge on any atom is -0.297 e. The van der Waals surface area contributed by atoms with E-state index in [0.29, 0.717) is 22.8 Å². The van der Waals surface area contributed by atoms with Crippen LogP contribution in [-0.4, -0.2) is 23.7 Å². The number of hydrogen-bond acceptors (Lipinski definition) is 5. The van der Waals surface area contributed by atoms with Crippen molar-refractivity contribution in [1.29, 1.82) is 0 Å². The quantitative estimate of drug-likeness (QED) is 0.508. The molecule has 0 saturated heterocycles. The van der Waals surface area contributed by atoms with E-state index in [2.05, 4.69) is 4.98 Å². The van der Waals surface area contributed by atoms with E-state index >= 15 is 0 Å². The summed E-state index contributed by atoms with van der Waals surface area (Å²) in [5.74, 6) is -6.10. The van der Waals surface area contributed by atoms with Crippen LogP contribution in [-0.2, 0) is 21.2 Å². The molecule has 7 nitrogen and oxygen atoms in total. The fraction of sp³-hybridized carbons (Fsp3) is 0.0769. The number of aromatic nitrogens is 2. The lowest BCUT2D eigenvalue weighted by atomic mass is 10.3. The molecule has 3 rings (SSSR count). The van der Waals surface area contributed by atoms with E-state index in [9.17, 15) is 26.4 Å². The van der Waals surface area contributed by atoms with Crippen LogP contribution < -0.4 is 10.3 Å². The van der Waals surface area contributed by atoms with Crippen molar-refractivity contribution in [3.05, 3.63) is 53.1 Å². The number of rotatable bonds is 5. The van der Waals surface area contributed by atoms with Crippen LogP contribution in [0, 0.1) is 17.5 Å².